The van der Waals surface area contributed by atoms with Crippen molar-refractivity contribution in [2.75, 3.05) is 5.73 Å². The third-order valence-corrected chi connectivity index (χ3v) is 3.81. The first-order valence-electron chi connectivity index (χ1n) is 6.66. The van der Waals surface area contributed by atoms with E-state index < -0.39 is 0 Å². The van der Waals surface area contributed by atoms with Gasteiger partial charge in [0.05, 0.1) is 0 Å². The summed E-state index contributed by atoms with van der Waals surface area (Å²) >= 11 is 0. The fourth-order valence-corrected chi connectivity index (χ4v) is 2.61. The van der Waals surface area contributed by atoms with E-state index in [1.54, 1.807) is 6.07 Å². The summed E-state index contributed by atoms with van der Waals surface area (Å²) in [5.74, 6) is 0.283. The predicted molar refractivity (Wildman–Crippen MR) is 84.9 cm³/mol. The molecule has 2 nitrogen and oxygen atoms in total. The van der Waals surface area contributed by atoms with Crippen LogP contribution in [0.15, 0.2) is 48.5 Å². The smallest absolute Gasteiger partial charge is 0.119 e. The molecule has 0 heterocycles. The molecule has 3 rings (SSSR count). The van der Waals surface area contributed by atoms with Crippen molar-refractivity contribution in [3.63, 3.8) is 0 Å². The molecule has 3 aromatic rings. The Bertz CT molecular complexity index is 806. The number of fused-ring (bicyclic) bond motifs is 1. The van der Waals surface area contributed by atoms with Gasteiger partial charge in [-0.25, -0.2) is 0 Å². The number of nitrogens with two attached hydrogens (primary N) is 1. The molecule has 0 aromatic heterocycles. The summed E-state index contributed by atoms with van der Waals surface area (Å²) in [5, 5.41) is 11.9. The van der Waals surface area contributed by atoms with Crippen molar-refractivity contribution in [3.05, 3.63) is 59.7 Å². The van der Waals surface area contributed by atoms with Gasteiger partial charge in [0, 0.05) is 16.6 Å². The topological polar surface area (TPSA) is 46.2 Å². The minimum atomic E-state index is 0.283. The van der Waals surface area contributed by atoms with Gasteiger partial charge in [-0.05, 0) is 48.1 Å². The van der Waals surface area contributed by atoms with Crippen LogP contribution in [0.3, 0.4) is 0 Å². The molecule has 20 heavy (non-hydrogen) atoms. The number of nitrogen functional groups attached to an aromatic ring is 1. The third kappa shape index (κ3) is 1.90. The zero-order valence-corrected chi connectivity index (χ0v) is 11.6. The number of anilines is 1. The van der Waals surface area contributed by atoms with Gasteiger partial charge < -0.3 is 10.8 Å². The Hall–Kier alpha value is -2.48. The summed E-state index contributed by atoms with van der Waals surface area (Å²) in [6.45, 7) is 3.96. The van der Waals surface area contributed by atoms with E-state index in [4.69, 9.17) is 5.73 Å². The maximum atomic E-state index is 9.90. The first kappa shape index (κ1) is 12.5. The van der Waals surface area contributed by atoms with E-state index in [-0.39, 0.29) is 5.75 Å². The molecule has 0 fully saturated rings. The number of hydrogen-bond donors (Lipinski definition) is 2. The fraction of sp³-hybridized carbons (Fsp3) is 0.111. The minimum absolute atomic E-state index is 0.283. The molecular weight excluding hydrogens is 246 g/mol. The summed E-state index contributed by atoms with van der Waals surface area (Å²) in [5.41, 5.74) is 11.2. The summed E-state index contributed by atoms with van der Waals surface area (Å²) in [7, 11) is 0. The van der Waals surface area contributed by atoms with Crippen molar-refractivity contribution in [2.45, 2.75) is 13.8 Å². The molecule has 0 bridgehead atoms. The molecule has 0 atom stereocenters. The highest BCUT2D eigenvalue weighted by atomic mass is 16.3. The van der Waals surface area contributed by atoms with E-state index in [0.29, 0.717) is 5.69 Å². The van der Waals surface area contributed by atoms with Gasteiger partial charge in [-0.1, -0.05) is 36.4 Å². The molecule has 0 unspecified atom stereocenters. The van der Waals surface area contributed by atoms with Gasteiger partial charge >= 0.3 is 0 Å². The zero-order chi connectivity index (χ0) is 14.3. The molecule has 2 heteroatoms. The van der Waals surface area contributed by atoms with Gasteiger partial charge in [0.2, 0.25) is 0 Å². The monoisotopic (exact) mass is 263 g/mol. The molecule has 3 aromatic carbocycles. The van der Waals surface area contributed by atoms with Gasteiger partial charge in [-0.15, -0.1) is 0 Å². The van der Waals surface area contributed by atoms with E-state index >= 15 is 0 Å². The van der Waals surface area contributed by atoms with Crippen LogP contribution in [0, 0.1) is 13.8 Å². The van der Waals surface area contributed by atoms with E-state index in [0.717, 1.165) is 27.5 Å². The van der Waals surface area contributed by atoms with Crippen LogP contribution in [0.5, 0.6) is 5.75 Å². The molecular formula is C18H17NO. The molecule has 0 saturated heterocycles. The van der Waals surface area contributed by atoms with Crippen LogP contribution in [0.25, 0.3) is 21.9 Å². The zero-order valence-electron chi connectivity index (χ0n) is 11.6. The van der Waals surface area contributed by atoms with Crippen LogP contribution >= 0.6 is 0 Å². The average molecular weight is 263 g/mol. The maximum absolute atomic E-state index is 9.90. The number of phenolic OH excluding ortho intramolecular Hbond substituents is 1. The fourth-order valence-electron chi connectivity index (χ4n) is 2.61. The van der Waals surface area contributed by atoms with Crippen LogP contribution in [0.4, 0.5) is 5.69 Å². The Morgan fingerprint density at radius 2 is 1.60 bits per heavy atom. The Balaban J connectivity index is 2.32. The van der Waals surface area contributed by atoms with E-state index in [1.165, 1.54) is 5.56 Å². The first-order chi connectivity index (χ1) is 9.58. The predicted octanol–water partition coefficient (Wildman–Crippen LogP) is 4.41. The average Bonchev–Trinajstić information content (AvgIpc) is 2.43. The van der Waals surface area contributed by atoms with Gasteiger partial charge in [-0.2, -0.15) is 0 Å². The van der Waals surface area contributed by atoms with E-state index in [9.17, 15) is 5.11 Å². The second-order valence-electron chi connectivity index (χ2n) is 5.20. The molecule has 0 amide bonds. The molecule has 0 spiro atoms. The number of rotatable bonds is 1. The normalized spacial score (nSPS) is 10.9. The van der Waals surface area contributed by atoms with Crippen LogP contribution in [-0.4, -0.2) is 5.11 Å². The second-order valence-corrected chi connectivity index (χ2v) is 5.20. The highest BCUT2D eigenvalue weighted by molar-refractivity contribution is 6.01. The first-order valence-corrected chi connectivity index (χ1v) is 6.66. The number of aryl methyl sites for hydroxylation is 2. The lowest BCUT2D eigenvalue weighted by Gasteiger charge is -2.12. The number of phenols is 1. The molecule has 0 radical (unpaired) electrons. The number of hydrogen-bond acceptors (Lipinski definition) is 2. The SMILES string of the molecule is Cc1cc2ccc(-c3ccccc3C)c(N)c2cc1O. The lowest BCUT2D eigenvalue weighted by atomic mass is 9.95. The number of benzene rings is 3. The molecule has 0 aliphatic rings. The standard InChI is InChI=1S/C18H17NO/c1-11-5-3-4-6-14(11)15-8-7-13-9-12(2)17(20)10-16(13)18(15)19/h3-10,20H,19H2,1-2H3. The lowest BCUT2D eigenvalue weighted by molar-refractivity contribution is 0.472. The molecule has 100 valence electrons. The largest absolute Gasteiger partial charge is 0.508 e. The Kier molecular flexibility index (Phi) is 2.87. The molecule has 0 aliphatic heterocycles. The van der Waals surface area contributed by atoms with Crippen LogP contribution in [-0.2, 0) is 0 Å². The highest BCUT2D eigenvalue weighted by Crippen LogP contribution is 2.36. The van der Waals surface area contributed by atoms with Gasteiger partial charge in [0.25, 0.3) is 0 Å². The summed E-state index contributed by atoms with van der Waals surface area (Å²) in [6, 6.07) is 16.0. The maximum Gasteiger partial charge on any atom is 0.119 e. The van der Waals surface area contributed by atoms with Crippen molar-refractivity contribution in [1.29, 1.82) is 0 Å². The Labute approximate surface area is 118 Å². The van der Waals surface area contributed by atoms with E-state index in [1.807, 2.05) is 25.1 Å². The minimum Gasteiger partial charge on any atom is -0.508 e. The van der Waals surface area contributed by atoms with Crippen LogP contribution in [0.1, 0.15) is 11.1 Å². The van der Waals surface area contributed by atoms with Crippen molar-refractivity contribution in [3.8, 4) is 16.9 Å². The highest BCUT2D eigenvalue weighted by Gasteiger charge is 2.10. The second kappa shape index (κ2) is 4.57. The van der Waals surface area contributed by atoms with Crippen molar-refractivity contribution in [1.82, 2.24) is 0 Å². The summed E-state index contributed by atoms with van der Waals surface area (Å²) in [4.78, 5) is 0. The van der Waals surface area contributed by atoms with Gasteiger partial charge in [-0.3, -0.25) is 0 Å². The number of aromatic hydroxyl groups is 1. The van der Waals surface area contributed by atoms with Crippen LogP contribution < -0.4 is 5.73 Å². The van der Waals surface area contributed by atoms with Crippen molar-refractivity contribution >= 4 is 16.5 Å². The Morgan fingerprint density at radius 3 is 2.35 bits per heavy atom. The van der Waals surface area contributed by atoms with Crippen LogP contribution in [0.2, 0.25) is 0 Å². The lowest BCUT2D eigenvalue weighted by Crippen LogP contribution is -1.94. The molecule has 0 aliphatic carbocycles. The van der Waals surface area contributed by atoms with Gasteiger partial charge in [0.15, 0.2) is 0 Å². The van der Waals surface area contributed by atoms with E-state index in [2.05, 4.69) is 31.2 Å². The Morgan fingerprint density at radius 1 is 0.850 bits per heavy atom. The molecule has 0 saturated carbocycles. The molecule has 3 N–H and O–H groups in total. The van der Waals surface area contributed by atoms with Crippen molar-refractivity contribution in [2.24, 2.45) is 0 Å². The third-order valence-electron chi connectivity index (χ3n) is 3.81. The summed E-state index contributed by atoms with van der Waals surface area (Å²) < 4.78 is 0. The van der Waals surface area contributed by atoms with Crippen molar-refractivity contribution < 1.29 is 5.11 Å². The van der Waals surface area contributed by atoms with Gasteiger partial charge in [0.1, 0.15) is 5.75 Å². The quantitative estimate of drug-likeness (QED) is 0.639. The summed E-state index contributed by atoms with van der Waals surface area (Å²) in [6.07, 6.45) is 0.